The number of thiazole rings is 1. The Hall–Kier alpha value is -0.450. The molecule has 1 aromatic heterocycles. The highest BCUT2D eigenvalue weighted by molar-refractivity contribution is 7.09. The topological polar surface area (TPSA) is 48.1 Å². The lowest BCUT2D eigenvalue weighted by Crippen LogP contribution is -1.97. The molecule has 0 aromatic carbocycles. The molecule has 0 aliphatic rings. The molecule has 0 aliphatic carbocycles. The molecule has 0 bridgehead atoms. The van der Waals surface area contributed by atoms with Crippen LogP contribution in [0.2, 0.25) is 0 Å². The van der Waals surface area contributed by atoms with Crippen LogP contribution >= 0.6 is 11.3 Å². The van der Waals surface area contributed by atoms with E-state index in [1.165, 1.54) is 11.3 Å². The molecule has 0 unspecified atom stereocenters. The Bertz CT molecular complexity index is 140. The standard InChI is InChI=1S/C4H6N2OS/c5-7-3-4-6-1-2-8-4/h1-2H,3,5H2. The van der Waals surface area contributed by atoms with Crippen molar-refractivity contribution in [1.82, 2.24) is 4.98 Å². The van der Waals surface area contributed by atoms with Crippen molar-refractivity contribution in [2.45, 2.75) is 6.61 Å². The molecule has 0 radical (unpaired) electrons. The molecule has 0 fully saturated rings. The van der Waals surface area contributed by atoms with Crippen molar-refractivity contribution in [2.75, 3.05) is 0 Å². The molecule has 0 saturated carbocycles. The zero-order valence-corrected chi connectivity index (χ0v) is 5.02. The normalized spacial score (nSPS) is 9.62. The quantitative estimate of drug-likeness (QED) is 0.594. The summed E-state index contributed by atoms with van der Waals surface area (Å²) < 4.78 is 0. The molecule has 1 rings (SSSR count). The smallest absolute Gasteiger partial charge is 0.120 e. The molecule has 0 amide bonds. The Morgan fingerprint density at radius 2 is 2.75 bits per heavy atom. The van der Waals surface area contributed by atoms with Gasteiger partial charge in [0.1, 0.15) is 11.6 Å². The van der Waals surface area contributed by atoms with E-state index in [-0.39, 0.29) is 0 Å². The van der Waals surface area contributed by atoms with E-state index in [9.17, 15) is 0 Å². The maximum absolute atomic E-state index is 4.79. The minimum atomic E-state index is 0.414. The van der Waals surface area contributed by atoms with Gasteiger partial charge in [-0.3, -0.25) is 4.84 Å². The summed E-state index contributed by atoms with van der Waals surface area (Å²) in [6, 6.07) is 0. The summed E-state index contributed by atoms with van der Waals surface area (Å²) in [6.07, 6.45) is 1.72. The monoisotopic (exact) mass is 130 g/mol. The first-order chi connectivity index (χ1) is 3.93. The molecular weight excluding hydrogens is 124 g/mol. The zero-order chi connectivity index (χ0) is 5.82. The van der Waals surface area contributed by atoms with E-state index in [0.29, 0.717) is 6.61 Å². The van der Waals surface area contributed by atoms with Gasteiger partial charge in [-0.05, 0) is 0 Å². The number of nitrogens with zero attached hydrogens (tertiary/aromatic N) is 1. The van der Waals surface area contributed by atoms with Gasteiger partial charge >= 0.3 is 0 Å². The van der Waals surface area contributed by atoms with Crippen LogP contribution in [0.15, 0.2) is 11.6 Å². The molecule has 0 saturated heterocycles. The van der Waals surface area contributed by atoms with Crippen LogP contribution in [-0.4, -0.2) is 4.98 Å². The van der Waals surface area contributed by atoms with Crippen molar-refractivity contribution in [3.8, 4) is 0 Å². The number of aromatic nitrogens is 1. The molecule has 2 N–H and O–H groups in total. The fourth-order valence-corrected chi connectivity index (χ4v) is 0.932. The van der Waals surface area contributed by atoms with Gasteiger partial charge in [-0.15, -0.1) is 11.3 Å². The Labute approximate surface area is 51.1 Å². The van der Waals surface area contributed by atoms with Crippen molar-refractivity contribution in [2.24, 2.45) is 5.90 Å². The molecular formula is C4H6N2OS. The molecule has 4 heteroatoms. The van der Waals surface area contributed by atoms with Gasteiger partial charge < -0.3 is 0 Å². The van der Waals surface area contributed by atoms with E-state index in [4.69, 9.17) is 5.90 Å². The average molecular weight is 130 g/mol. The molecule has 0 aliphatic heterocycles. The summed E-state index contributed by atoms with van der Waals surface area (Å²) in [4.78, 5) is 8.25. The number of hydrogen-bond donors (Lipinski definition) is 1. The Morgan fingerprint density at radius 1 is 1.88 bits per heavy atom. The maximum atomic E-state index is 4.79. The molecule has 8 heavy (non-hydrogen) atoms. The van der Waals surface area contributed by atoms with Gasteiger partial charge in [0.25, 0.3) is 0 Å². The molecule has 1 aromatic rings. The van der Waals surface area contributed by atoms with Gasteiger partial charge in [0.2, 0.25) is 0 Å². The van der Waals surface area contributed by atoms with Crippen LogP contribution in [0.25, 0.3) is 0 Å². The van der Waals surface area contributed by atoms with Crippen LogP contribution < -0.4 is 5.90 Å². The minimum Gasteiger partial charge on any atom is -0.297 e. The highest BCUT2D eigenvalue weighted by Gasteiger charge is 1.89. The summed E-state index contributed by atoms with van der Waals surface area (Å²) in [5.74, 6) is 4.79. The first-order valence-electron chi connectivity index (χ1n) is 2.13. The Morgan fingerprint density at radius 3 is 3.25 bits per heavy atom. The van der Waals surface area contributed by atoms with Crippen LogP contribution in [0, 0.1) is 0 Å². The fraction of sp³-hybridized carbons (Fsp3) is 0.250. The third-order valence-corrected chi connectivity index (χ3v) is 1.44. The van der Waals surface area contributed by atoms with Crippen LogP contribution in [0.4, 0.5) is 0 Å². The summed E-state index contributed by atoms with van der Waals surface area (Å²) >= 11 is 1.53. The summed E-state index contributed by atoms with van der Waals surface area (Å²) in [5.41, 5.74) is 0. The maximum Gasteiger partial charge on any atom is 0.120 e. The van der Waals surface area contributed by atoms with Crippen LogP contribution in [0.3, 0.4) is 0 Å². The van der Waals surface area contributed by atoms with Crippen LogP contribution in [-0.2, 0) is 11.4 Å². The van der Waals surface area contributed by atoms with Crippen molar-refractivity contribution >= 4 is 11.3 Å². The predicted octanol–water partition coefficient (Wildman–Crippen LogP) is 0.533. The predicted molar refractivity (Wildman–Crippen MR) is 31.1 cm³/mol. The van der Waals surface area contributed by atoms with Crippen LogP contribution in [0.1, 0.15) is 5.01 Å². The van der Waals surface area contributed by atoms with Gasteiger partial charge in [-0.25, -0.2) is 10.9 Å². The second-order valence-corrected chi connectivity index (χ2v) is 2.22. The first-order valence-corrected chi connectivity index (χ1v) is 3.01. The van der Waals surface area contributed by atoms with Gasteiger partial charge in [0.15, 0.2) is 0 Å². The number of nitrogens with two attached hydrogens (primary N) is 1. The third kappa shape index (κ3) is 1.26. The van der Waals surface area contributed by atoms with Crippen molar-refractivity contribution in [1.29, 1.82) is 0 Å². The fourth-order valence-electron chi connectivity index (χ4n) is 0.396. The van der Waals surface area contributed by atoms with E-state index in [1.807, 2.05) is 5.38 Å². The number of rotatable bonds is 2. The van der Waals surface area contributed by atoms with Gasteiger partial charge in [0, 0.05) is 11.6 Å². The van der Waals surface area contributed by atoms with E-state index < -0.39 is 0 Å². The van der Waals surface area contributed by atoms with Gasteiger partial charge in [0.05, 0.1) is 0 Å². The summed E-state index contributed by atoms with van der Waals surface area (Å²) in [5, 5.41) is 2.79. The lowest BCUT2D eigenvalue weighted by Gasteiger charge is -1.87. The average Bonchev–Trinajstić information content (AvgIpc) is 2.19. The summed E-state index contributed by atoms with van der Waals surface area (Å²) in [6.45, 7) is 0.414. The van der Waals surface area contributed by atoms with Crippen molar-refractivity contribution in [3.05, 3.63) is 16.6 Å². The SMILES string of the molecule is NOCc1nccs1. The van der Waals surface area contributed by atoms with E-state index >= 15 is 0 Å². The third-order valence-electron chi connectivity index (χ3n) is 0.690. The second-order valence-electron chi connectivity index (χ2n) is 1.24. The summed E-state index contributed by atoms with van der Waals surface area (Å²) in [7, 11) is 0. The Kier molecular flexibility index (Phi) is 1.96. The molecule has 0 atom stereocenters. The highest BCUT2D eigenvalue weighted by Crippen LogP contribution is 2.02. The minimum absolute atomic E-state index is 0.414. The molecule has 0 spiro atoms. The lowest BCUT2D eigenvalue weighted by atomic mass is 10.8. The molecule has 44 valence electrons. The largest absolute Gasteiger partial charge is 0.297 e. The molecule has 3 nitrogen and oxygen atoms in total. The van der Waals surface area contributed by atoms with Crippen molar-refractivity contribution in [3.63, 3.8) is 0 Å². The molecule has 1 heterocycles. The van der Waals surface area contributed by atoms with Crippen LogP contribution in [0.5, 0.6) is 0 Å². The van der Waals surface area contributed by atoms with Crippen molar-refractivity contribution < 1.29 is 4.84 Å². The van der Waals surface area contributed by atoms with Gasteiger partial charge in [-0.2, -0.15) is 0 Å². The van der Waals surface area contributed by atoms with E-state index in [0.717, 1.165) is 5.01 Å². The van der Waals surface area contributed by atoms with E-state index in [2.05, 4.69) is 9.82 Å². The first kappa shape index (κ1) is 5.68. The van der Waals surface area contributed by atoms with E-state index in [1.54, 1.807) is 6.20 Å². The second kappa shape index (κ2) is 2.76. The number of hydrogen-bond acceptors (Lipinski definition) is 4. The lowest BCUT2D eigenvalue weighted by molar-refractivity contribution is 0.124. The zero-order valence-electron chi connectivity index (χ0n) is 4.20. The highest BCUT2D eigenvalue weighted by atomic mass is 32.1. The Balaban J connectivity index is 2.50. The van der Waals surface area contributed by atoms with Gasteiger partial charge in [-0.1, -0.05) is 0 Å².